The van der Waals surface area contributed by atoms with Gasteiger partial charge < -0.3 is 10.3 Å². The van der Waals surface area contributed by atoms with Gasteiger partial charge in [-0.2, -0.15) is 0 Å². The topological polar surface area (TPSA) is 44.9 Å². The first kappa shape index (κ1) is 10.8. The number of halogens is 1. The van der Waals surface area contributed by atoms with Crippen molar-refractivity contribution < 1.29 is 4.79 Å². The summed E-state index contributed by atoms with van der Waals surface area (Å²) in [5.74, 6) is 0.0392. The van der Waals surface area contributed by atoms with Crippen LogP contribution < -0.4 is 5.32 Å². The van der Waals surface area contributed by atoms with Crippen molar-refractivity contribution in [2.45, 2.75) is 25.8 Å². The summed E-state index contributed by atoms with van der Waals surface area (Å²) in [6.45, 7) is 1.57. The van der Waals surface area contributed by atoms with Crippen LogP contribution in [0.1, 0.15) is 18.1 Å². The predicted molar refractivity (Wildman–Crippen MR) is 71.0 cm³/mol. The monoisotopic (exact) mass is 292 g/mol. The molecule has 0 fully saturated rings. The minimum Gasteiger partial charge on any atom is -0.361 e. The van der Waals surface area contributed by atoms with Crippen LogP contribution in [0.15, 0.2) is 22.8 Å². The van der Waals surface area contributed by atoms with Gasteiger partial charge in [-0.3, -0.25) is 4.79 Å². The number of aromatic amines is 1. The third-order valence-electron chi connectivity index (χ3n) is 3.30. The third kappa shape index (κ3) is 1.76. The molecule has 1 heterocycles. The molecule has 88 valence electrons. The van der Waals surface area contributed by atoms with Crippen molar-refractivity contribution in [3.63, 3.8) is 0 Å². The van der Waals surface area contributed by atoms with Crippen molar-refractivity contribution in [2.24, 2.45) is 0 Å². The summed E-state index contributed by atoms with van der Waals surface area (Å²) in [5.41, 5.74) is 3.77. The Hall–Kier alpha value is -1.29. The molecule has 3 nitrogen and oxygen atoms in total. The van der Waals surface area contributed by atoms with E-state index in [0.29, 0.717) is 0 Å². The number of rotatable bonds is 1. The maximum atomic E-state index is 11.2. The zero-order valence-corrected chi connectivity index (χ0v) is 11.1. The van der Waals surface area contributed by atoms with Gasteiger partial charge in [0.05, 0.1) is 0 Å². The molecule has 0 spiro atoms. The summed E-state index contributed by atoms with van der Waals surface area (Å²) in [5, 5.41) is 4.33. The van der Waals surface area contributed by atoms with Gasteiger partial charge in [0, 0.05) is 34.5 Å². The lowest BCUT2D eigenvalue weighted by molar-refractivity contribution is -0.119. The predicted octanol–water partition coefficient (Wildman–Crippen LogP) is 2.53. The Morgan fingerprint density at radius 1 is 1.47 bits per heavy atom. The molecule has 3 rings (SSSR count). The average molecular weight is 293 g/mol. The van der Waals surface area contributed by atoms with Gasteiger partial charge in [-0.25, -0.2) is 0 Å². The van der Waals surface area contributed by atoms with Crippen LogP contribution in [0.4, 0.5) is 0 Å². The smallest absolute Gasteiger partial charge is 0.217 e. The van der Waals surface area contributed by atoms with Gasteiger partial charge in [0.2, 0.25) is 5.91 Å². The third-order valence-corrected chi connectivity index (χ3v) is 4.05. The molecule has 4 heteroatoms. The highest BCUT2D eigenvalue weighted by Crippen LogP contribution is 2.34. The van der Waals surface area contributed by atoms with Crippen LogP contribution in [0, 0.1) is 0 Å². The summed E-state index contributed by atoms with van der Waals surface area (Å²) < 4.78 is 1.13. The lowest BCUT2D eigenvalue weighted by Gasteiger charge is -2.24. The molecule has 1 atom stereocenters. The first-order chi connectivity index (χ1) is 8.15. The van der Waals surface area contributed by atoms with Crippen molar-refractivity contribution in [1.82, 2.24) is 10.3 Å². The van der Waals surface area contributed by atoms with Crippen molar-refractivity contribution in [3.8, 4) is 0 Å². The maximum absolute atomic E-state index is 11.2. The molecule has 1 aliphatic rings. The standard InChI is InChI=1S/C13H13BrN2O/c1-7(17)16-9-4-8-6-15-12-3-2-11(14)10(5-9)13(8)12/h2-3,6,9,15H,4-5H2,1H3,(H,16,17). The Morgan fingerprint density at radius 2 is 2.29 bits per heavy atom. The molecule has 1 aromatic carbocycles. The molecular formula is C13H13BrN2O. The minimum atomic E-state index is 0.0392. The van der Waals surface area contributed by atoms with Crippen LogP contribution >= 0.6 is 15.9 Å². The summed E-state index contributed by atoms with van der Waals surface area (Å²) in [7, 11) is 0. The van der Waals surface area contributed by atoms with E-state index in [1.54, 1.807) is 6.92 Å². The molecule has 1 aromatic heterocycles. The van der Waals surface area contributed by atoms with E-state index in [1.807, 2.05) is 0 Å². The maximum Gasteiger partial charge on any atom is 0.217 e. The lowest BCUT2D eigenvalue weighted by Crippen LogP contribution is -2.38. The molecule has 1 aliphatic carbocycles. The number of hydrogen-bond donors (Lipinski definition) is 2. The molecule has 0 saturated heterocycles. The van der Waals surface area contributed by atoms with E-state index >= 15 is 0 Å². The zero-order valence-electron chi connectivity index (χ0n) is 9.51. The molecule has 0 aliphatic heterocycles. The first-order valence-electron chi connectivity index (χ1n) is 5.69. The van der Waals surface area contributed by atoms with Crippen LogP contribution in [0.2, 0.25) is 0 Å². The average Bonchev–Trinajstić information content (AvgIpc) is 2.67. The fourth-order valence-corrected chi connectivity index (χ4v) is 3.17. The number of H-pyrrole nitrogens is 1. The van der Waals surface area contributed by atoms with E-state index in [2.05, 4.69) is 44.6 Å². The van der Waals surface area contributed by atoms with E-state index in [0.717, 1.165) is 17.3 Å². The second-order valence-electron chi connectivity index (χ2n) is 4.57. The van der Waals surface area contributed by atoms with Gasteiger partial charge in [0.15, 0.2) is 0 Å². The van der Waals surface area contributed by atoms with Crippen LogP contribution in [0.25, 0.3) is 10.9 Å². The highest BCUT2D eigenvalue weighted by molar-refractivity contribution is 9.10. The fourth-order valence-electron chi connectivity index (χ4n) is 2.68. The van der Waals surface area contributed by atoms with E-state index in [9.17, 15) is 4.79 Å². The van der Waals surface area contributed by atoms with E-state index in [1.165, 1.54) is 22.0 Å². The Morgan fingerprint density at radius 3 is 3.06 bits per heavy atom. The molecule has 2 N–H and O–H groups in total. The Kier molecular flexibility index (Phi) is 2.47. The highest BCUT2D eigenvalue weighted by Gasteiger charge is 2.23. The van der Waals surface area contributed by atoms with Crippen LogP contribution in [0.3, 0.4) is 0 Å². The number of nitrogens with one attached hydrogen (secondary N) is 2. The van der Waals surface area contributed by atoms with Gasteiger partial charge in [-0.15, -0.1) is 0 Å². The van der Waals surface area contributed by atoms with Crippen LogP contribution in [-0.2, 0) is 17.6 Å². The van der Waals surface area contributed by atoms with Gasteiger partial charge >= 0.3 is 0 Å². The molecule has 0 saturated carbocycles. The van der Waals surface area contributed by atoms with Gasteiger partial charge in [0.25, 0.3) is 0 Å². The molecule has 1 amide bonds. The number of aromatic nitrogens is 1. The summed E-state index contributed by atoms with van der Waals surface area (Å²) in [4.78, 5) is 14.4. The minimum absolute atomic E-state index is 0.0392. The second kappa shape index (κ2) is 3.88. The second-order valence-corrected chi connectivity index (χ2v) is 5.42. The number of hydrogen-bond acceptors (Lipinski definition) is 1. The largest absolute Gasteiger partial charge is 0.361 e. The van der Waals surface area contributed by atoms with Crippen molar-refractivity contribution in [1.29, 1.82) is 0 Å². The fraction of sp³-hybridized carbons (Fsp3) is 0.308. The van der Waals surface area contributed by atoms with E-state index in [-0.39, 0.29) is 11.9 Å². The van der Waals surface area contributed by atoms with Crippen LogP contribution in [0.5, 0.6) is 0 Å². The van der Waals surface area contributed by atoms with Crippen LogP contribution in [-0.4, -0.2) is 16.9 Å². The SMILES string of the molecule is CC(=O)NC1Cc2c[nH]c3ccc(Br)c(c23)C1. The quantitative estimate of drug-likeness (QED) is 0.834. The molecule has 0 bridgehead atoms. The zero-order chi connectivity index (χ0) is 12.0. The van der Waals surface area contributed by atoms with E-state index in [4.69, 9.17) is 0 Å². The Labute approximate surface area is 108 Å². The van der Waals surface area contributed by atoms with Crippen molar-refractivity contribution in [3.05, 3.63) is 33.9 Å². The normalized spacial score (nSPS) is 18.4. The molecule has 17 heavy (non-hydrogen) atoms. The van der Waals surface area contributed by atoms with Gasteiger partial charge in [0.1, 0.15) is 0 Å². The lowest BCUT2D eigenvalue weighted by atomic mass is 9.89. The number of amides is 1. The number of benzene rings is 1. The van der Waals surface area contributed by atoms with Crippen molar-refractivity contribution in [2.75, 3.05) is 0 Å². The molecule has 1 unspecified atom stereocenters. The summed E-state index contributed by atoms with van der Waals surface area (Å²) >= 11 is 3.60. The first-order valence-corrected chi connectivity index (χ1v) is 6.49. The van der Waals surface area contributed by atoms with E-state index < -0.39 is 0 Å². The molecule has 2 aromatic rings. The van der Waals surface area contributed by atoms with Gasteiger partial charge in [-0.05, 0) is 36.1 Å². The summed E-state index contributed by atoms with van der Waals surface area (Å²) in [6.07, 6.45) is 3.85. The van der Waals surface area contributed by atoms with Gasteiger partial charge in [-0.1, -0.05) is 15.9 Å². The molecular weight excluding hydrogens is 280 g/mol. The Balaban J connectivity index is 2.09. The highest BCUT2D eigenvalue weighted by atomic mass is 79.9. The summed E-state index contributed by atoms with van der Waals surface area (Å²) in [6, 6.07) is 4.36. The number of carbonyl (C=O) groups excluding carboxylic acids is 1. The number of carbonyl (C=O) groups is 1. The van der Waals surface area contributed by atoms with Crippen molar-refractivity contribution >= 4 is 32.7 Å². The Bertz CT molecular complexity index is 603. The molecule has 0 radical (unpaired) electrons.